The summed E-state index contributed by atoms with van der Waals surface area (Å²) in [6.07, 6.45) is -0.0404. The highest BCUT2D eigenvalue weighted by atomic mass is 16.4. The van der Waals surface area contributed by atoms with E-state index in [2.05, 4.69) is 15.3 Å². The lowest BCUT2D eigenvalue weighted by molar-refractivity contribution is -0.115. The Bertz CT molecular complexity index is 899. The number of hydrogen-bond acceptors (Lipinski definition) is 3. The van der Waals surface area contributed by atoms with Crippen molar-refractivity contribution in [3.63, 3.8) is 0 Å². The molecule has 0 bridgehead atoms. The minimum atomic E-state index is -1.09. The van der Waals surface area contributed by atoms with E-state index in [-0.39, 0.29) is 18.0 Å². The summed E-state index contributed by atoms with van der Waals surface area (Å²) >= 11 is 0. The number of nitrogens with one attached hydrogen (secondary N) is 2. The summed E-state index contributed by atoms with van der Waals surface area (Å²) in [7, 11) is 0. The number of carboxylic acid groups (broad SMARTS) is 1. The molecule has 0 saturated carbocycles. The van der Waals surface area contributed by atoms with Gasteiger partial charge in [0, 0.05) is 22.2 Å². The number of aromatic amines is 1. The standard InChI is InChI=1S/C17H15N3O3/c1-10-5-4-8-14(18-10)20-15(21)9-12-11-6-2-3-7-13(11)19-16(12)17(22)23/h2-8,19H,9H2,1H3,(H,22,23)(H,18,20,21). The summed E-state index contributed by atoms with van der Waals surface area (Å²) in [6.45, 7) is 1.83. The number of nitrogens with zero attached hydrogens (tertiary/aromatic N) is 1. The maximum atomic E-state index is 12.3. The van der Waals surface area contributed by atoms with Crippen LogP contribution in [0.15, 0.2) is 42.5 Å². The van der Waals surface area contributed by atoms with Crippen molar-refractivity contribution < 1.29 is 14.7 Å². The van der Waals surface area contributed by atoms with Crippen LogP contribution in [0.4, 0.5) is 5.82 Å². The third-order valence-electron chi connectivity index (χ3n) is 3.52. The Morgan fingerprint density at radius 1 is 1.17 bits per heavy atom. The Labute approximate surface area is 132 Å². The van der Waals surface area contributed by atoms with Crippen molar-refractivity contribution in [1.29, 1.82) is 0 Å². The molecule has 1 amide bonds. The second-order valence-electron chi connectivity index (χ2n) is 5.22. The average molecular weight is 309 g/mol. The Morgan fingerprint density at radius 3 is 2.70 bits per heavy atom. The van der Waals surface area contributed by atoms with Crippen LogP contribution in [0.5, 0.6) is 0 Å². The molecule has 0 aliphatic carbocycles. The van der Waals surface area contributed by atoms with Crippen molar-refractivity contribution in [3.8, 4) is 0 Å². The highest BCUT2D eigenvalue weighted by Crippen LogP contribution is 2.23. The molecule has 0 saturated heterocycles. The number of carbonyl (C=O) groups excluding carboxylic acids is 1. The first kappa shape index (κ1) is 14.8. The zero-order valence-corrected chi connectivity index (χ0v) is 12.5. The maximum Gasteiger partial charge on any atom is 0.352 e. The van der Waals surface area contributed by atoms with Crippen molar-refractivity contribution >= 4 is 28.6 Å². The molecule has 116 valence electrons. The number of benzene rings is 1. The van der Waals surface area contributed by atoms with Gasteiger partial charge < -0.3 is 15.4 Å². The van der Waals surface area contributed by atoms with E-state index >= 15 is 0 Å². The first-order chi connectivity index (χ1) is 11.0. The number of para-hydroxylation sites is 1. The van der Waals surface area contributed by atoms with E-state index in [0.717, 1.165) is 11.1 Å². The SMILES string of the molecule is Cc1cccc(NC(=O)Cc2c(C(=O)O)[nH]c3ccccc23)n1. The lowest BCUT2D eigenvalue weighted by Gasteiger charge is -2.05. The minimum absolute atomic E-state index is 0.0403. The lowest BCUT2D eigenvalue weighted by Crippen LogP contribution is -2.17. The van der Waals surface area contributed by atoms with Crippen LogP contribution in [-0.4, -0.2) is 27.0 Å². The van der Waals surface area contributed by atoms with Gasteiger partial charge in [0.15, 0.2) is 0 Å². The molecule has 6 nitrogen and oxygen atoms in total. The van der Waals surface area contributed by atoms with Crippen LogP contribution in [0.3, 0.4) is 0 Å². The van der Waals surface area contributed by atoms with Gasteiger partial charge in [-0.1, -0.05) is 24.3 Å². The molecular formula is C17H15N3O3. The van der Waals surface area contributed by atoms with Crippen LogP contribution < -0.4 is 5.32 Å². The first-order valence-electron chi connectivity index (χ1n) is 7.11. The minimum Gasteiger partial charge on any atom is -0.477 e. The summed E-state index contributed by atoms with van der Waals surface area (Å²) in [5.74, 6) is -0.945. The molecular weight excluding hydrogens is 294 g/mol. The van der Waals surface area contributed by atoms with Gasteiger partial charge >= 0.3 is 5.97 Å². The summed E-state index contributed by atoms with van der Waals surface area (Å²) < 4.78 is 0. The number of fused-ring (bicyclic) bond motifs is 1. The van der Waals surface area contributed by atoms with Gasteiger partial charge in [0.25, 0.3) is 0 Å². The van der Waals surface area contributed by atoms with Crippen LogP contribution in [0.25, 0.3) is 10.9 Å². The second kappa shape index (κ2) is 5.92. The number of anilines is 1. The molecule has 0 atom stereocenters. The van der Waals surface area contributed by atoms with Crippen molar-refractivity contribution in [1.82, 2.24) is 9.97 Å². The molecule has 23 heavy (non-hydrogen) atoms. The molecule has 0 unspecified atom stereocenters. The van der Waals surface area contributed by atoms with Crippen LogP contribution in [-0.2, 0) is 11.2 Å². The normalized spacial score (nSPS) is 10.7. The highest BCUT2D eigenvalue weighted by molar-refractivity contribution is 6.02. The first-order valence-corrected chi connectivity index (χ1v) is 7.11. The van der Waals surface area contributed by atoms with Gasteiger partial charge in [0.05, 0.1) is 6.42 Å². The van der Waals surface area contributed by atoms with E-state index in [0.29, 0.717) is 16.9 Å². The molecule has 3 rings (SSSR count). The number of aromatic nitrogens is 2. The quantitative estimate of drug-likeness (QED) is 0.690. The Balaban J connectivity index is 1.90. The Morgan fingerprint density at radius 2 is 1.96 bits per heavy atom. The fraction of sp³-hybridized carbons (Fsp3) is 0.118. The number of amides is 1. The van der Waals surface area contributed by atoms with E-state index in [4.69, 9.17) is 0 Å². The molecule has 1 aromatic carbocycles. The van der Waals surface area contributed by atoms with Crippen molar-refractivity contribution in [2.45, 2.75) is 13.3 Å². The fourth-order valence-electron chi connectivity index (χ4n) is 2.53. The fourth-order valence-corrected chi connectivity index (χ4v) is 2.53. The topological polar surface area (TPSA) is 95.1 Å². The van der Waals surface area contributed by atoms with Crippen LogP contribution in [0, 0.1) is 6.92 Å². The van der Waals surface area contributed by atoms with Crippen molar-refractivity contribution in [2.75, 3.05) is 5.32 Å². The highest BCUT2D eigenvalue weighted by Gasteiger charge is 2.19. The number of rotatable bonds is 4. The number of pyridine rings is 1. The summed E-state index contributed by atoms with van der Waals surface area (Å²) in [5.41, 5.74) is 2.00. The number of carbonyl (C=O) groups is 2. The third kappa shape index (κ3) is 3.06. The molecule has 6 heteroatoms. The van der Waals surface area contributed by atoms with Gasteiger partial charge in [-0.15, -0.1) is 0 Å². The van der Waals surface area contributed by atoms with E-state index < -0.39 is 5.97 Å². The van der Waals surface area contributed by atoms with Crippen molar-refractivity contribution in [3.05, 3.63) is 59.4 Å². The smallest absolute Gasteiger partial charge is 0.352 e. The van der Waals surface area contributed by atoms with Gasteiger partial charge in [0.1, 0.15) is 11.5 Å². The predicted molar refractivity (Wildman–Crippen MR) is 86.6 cm³/mol. The van der Waals surface area contributed by atoms with Gasteiger partial charge in [-0.05, 0) is 25.1 Å². The lowest BCUT2D eigenvalue weighted by atomic mass is 10.1. The molecule has 0 aliphatic heterocycles. The van der Waals surface area contributed by atoms with Crippen LogP contribution in [0.2, 0.25) is 0 Å². The number of carboxylic acids is 1. The van der Waals surface area contributed by atoms with Crippen molar-refractivity contribution in [2.24, 2.45) is 0 Å². The number of H-pyrrole nitrogens is 1. The van der Waals surface area contributed by atoms with Gasteiger partial charge in [-0.3, -0.25) is 4.79 Å². The zero-order valence-electron chi connectivity index (χ0n) is 12.5. The second-order valence-corrected chi connectivity index (χ2v) is 5.22. The molecule has 0 radical (unpaired) electrons. The molecule has 2 aromatic heterocycles. The summed E-state index contributed by atoms with van der Waals surface area (Å²) in [6, 6.07) is 12.5. The number of aryl methyl sites for hydroxylation is 1. The molecule has 0 fully saturated rings. The van der Waals surface area contributed by atoms with E-state index in [1.54, 1.807) is 24.3 Å². The van der Waals surface area contributed by atoms with E-state index in [1.165, 1.54) is 0 Å². The summed E-state index contributed by atoms with van der Waals surface area (Å²) in [4.78, 5) is 30.7. The van der Waals surface area contributed by atoms with Crippen LogP contribution in [0.1, 0.15) is 21.7 Å². The van der Waals surface area contributed by atoms with Gasteiger partial charge in [0.2, 0.25) is 5.91 Å². The summed E-state index contributed by atoms with van der Waals surface area (Å²) in [5, 5.41) is 12.8. The Kier molecular flexibility index (Phi) is 3.80. The van der Waals surface area contributed by atoms with E-state index in [9.17, 15) is 14.7 Å². The van der Waals surface area contributed by atoms with Crippen LogP contribution >= 0.6 is 0 Å². The third-order valence-corrected chi connectivity index (χ3v) is 3.52. The number of aromatic carboxylic acids is 1. The predicted octanol–water partition coefficient (Wildman–Crippen LogP) is 2.75. The van der Waals surface area contributed by atoms with Gasteiger partial charge in [-0.2, -0.15) is 0 Å². The number of hydrogen-bond donors (Lipinski definition) is 3. The maximum absolute atomic E-state index is 12.3. The molecule has 2 heterocycles. The molecule has 0 spiro atoms. The largest absolute Gasteiger partial charge is 0.477 e. The molecule has 0 aliphatic rings. The monoisotopic (exact) mass is 309 g/mol. The zero-order chi connectivity index (χ0) is 16.4. The molecule has 3 aromatic rings. The Hall–Kier alpha value is -3.15. The van der Waals surface area contributed by atoms with E-state index in [1.807, 2.05) is 25.1 Å². The van der Waals surface area contributed by atoms with Gasteiger partial charge in [-0.25, -0.2) is 9.78 Å². The molecule has 3 N–H and O–H groups in total. The average Bonchev–Trinajstić information content (AvgIpc) is 2.86.